The van der Waals surface area contributed by atoms with Gasteiger partial charge < -0.3 is 14.8 Å². The van der Waals surface area contributed by atoms with Gasteiger partial charge in [-0.05, 0) is 24.7 Å². The summed E-state index contributed by atoms with van der Waals surface area (Å²) in [6.07, 6.45) is 2.62. The largest absolute Gasteiger partial charge is 0.454 e. The van der Waals surface area contributed by atoms with Crippen molar-refractivity contribution in [1.82, 2.24) is 5.32 Å². The van der Waals surface area contributed by atoms with Gasteiger partial charge in [0, 0.05) is 23.9 Å². The molecule has 0 spiro atoms. The minimum atomic E-state index is 0.353. The van der Waals surface area contributed by atoms with Crippen molar-refractivity contribution in [3.8, 4) is 11.5 Å². The molecule has 2 aliphatic heterocycles. The minimum Gasteiger partial charge on any atom is -0.454 e. The van der Waals surface area contributed by atoms with E-state index in [1.54, 1.807) is 0 Å². The summed E-state index contributed by atoms with van der Waals surface area (Å²) in [7, 11) is 0. The Bertz CT molecular complexity index is 391. The van der Waals surface area contributed by atoms with Crippen LogP contribution in [0.1, 0.15) is 18.4 Å². The highest BCUT2D eigenvalue weighted by Crippen LogP contribution is 2.35. The van der Waals surface area contributed by atoms with Gasteiger partial charge in [-0.25, -0.2) is 0 Å². The first kappa shape index (κ1) is 11.2. The fraction of sp³-hybridized carbons (Fsp3) is 0.538. The van der Waals surface area contributed by atoms with Crippen LogP contribution in [-0.2, 0) is 6.54 Å². The average Bonchev–Trinajstić information content (AvgIpc) is 2.86. The second-order valence-electron chi connectivity index (χ2n) is 4.45. The number of nitrogens with one attached hydrogen (secondary N) is 1. The molecule has 4 heteroatoms. The normalized spacial score (nSPS) is 22.7. The monoisotopic (exact) mass is 251 g/mol. The molecular formula is C13H17NO2S. The fourth-order valence-corrected chi connectivity index (χ4v) is 3.39. The molecule has 3 rings (SSSR count). The molecular weight excluding hydrogens is 234 g/mol. The van der Waals surface area contributed by atoms with E-state index in [2.05, 4.69) is 11.4 Å². The Morgan fingerprint density at radius 3 is 3.24 bits per heavy atom. The molecule has 2 aliphatic rings. The summed E-state index contributed by atoms with van der Waals surface area (Å²) in [6, 6.07) is 6.74. The number of benzene rings is 1. The van der Waals surface area contributed by atoms with Crippen LogP contribution in [-0.4, -0.2) is 24.3 Å². The Labute approximate surface area is 106 Å². The molecule has 3 nitrogen and oxygen atoms in total. The molecule has 0 bridgehead atoms. The SMILES string of the molecule is c1cc(CNC2CCCSC2)c2c(c1)OCO2. The second kappa shape index (κ2) is 5.19. The average molecular weight is 251 g/mol. The highest BCUT2D eigenvalue weighted by Gasteiger charge is 2.18. The van der Waals surface area contributed by atoms with Crippen LogP contribution in [0.2, 0.25) is 0 Å². The van der Waals surface area contributed by atoms with Crippen molar-refractivity contribution in [2.45, 2.75) is 25.4 Å². The van der Waals surface area contributed by atoms with Gasteiger partial charge in [-0.15, -0.1) is 0 Å². The lowest BCUT2D eigenvalue weighted by atomic mass is 10.1. The molecule has 1 N–H and O–H groups in total. The standard InChI is InChI=1S/C13H17NO2S/c1-3-10(13-12(5-1)15-9-16-13)7-14-11-4-2-6-17-8-11/h1,3,5,11,14H,2,4,6-9H2. The molecule has 1 atom stereocenters. The predicted molar refractivity (Wildman–Crippen MR) is 69.8 cm³/mol. The molecule has 0 aliphatic carbocycles. The van der Waals surface area contributed by atoms with Crippen molar-refractivity contribution in [1.29, 1.82) is 0 Å². The van der Waals surface area contributed by atoms with Crippen LogP contribution in [0.5, 0.6) is 11.5 Å². The van der Waals surface area contributed by atoms with Gasteiger partial charge in [-0.1, -0.05) is 12.1 Å². The maximum absolute atomic E-state index is 5.50. The van der Waals surface area contributed by atoms with Crippen molar-refractivity contribution in [3.05, 3.63) is 23.8 Å². The summed E-state index contributed by atoms with van der Waals surface area (Å²) in [6.45, 7) is 1.23. The quantitative estimate of drug-likeness (QED) is 0.893. The van der Waals surface area contributed by atoms with Crippen LogP contribution in [0, 0.1) is 0 Å². The van der Waals surface area contributed by atoms with E-state index in [0.29, 0.717) is 12.8 Å². The van der Waals surface area contributed by atoms with Gasteiger partial charge in [-0.3, -0.25) is 0 Å². The summed E-state index contributed by atoms with van der Waals surface area (Å²) >= 11 is 2.05. The molecule has 1 aromatic rings. The van der Waals surface area contributed by atoms with Crippen molar-refractivity contribution < 1.29 is 9.47 Å². The summed E-state index contributed by atoms with van der Waals surface area (Å²) in [5.41, 5.74) is 1.20. The summed E-state index contributed by atoms with van der Waals surface area (Å²) in [4.78, 5) is 0. The van der Waals surface area contributed by atoms with Gasteiger partial charge in [0.1, 0.15) is 0 Å². The number of ether oxygens (including phenoxy) is 2. The predicted octanol–water partition coefficient (Wildman–Crippen LogP) is 2.40. The Morgan fingerprint density at radius 2 is 2.35 bits per heavy atom. The number of rotatable bonds is 3. The maximum atomic E-state index is 5.50. The van der Waals surface area contributed by atoms with E-state index in [1.807, 2.05) is 23.9 Å². The second-order valence-corrected chi connectivity index (χ2v) is 5.60. The van der Waals surface area contributed by atoms with Crippen molar-refractivity contribution in [2.75, 3.05) is 18.3 Å². The number of fused-ring (bicyclic) bond motifs is 1. The number of para-hydroxylation sites is 1. The van der Waals surface area contributed by atoms with E-state index < -0.39 is 0 Å². The van der Waals surface area contributed by atoms with Crippen LogP contribution in [0.15, 0.2) is 18.2 Å². The highest BCUT2D eigenvalue weighted by molar-refractivity contribution is 7.99. The molecule has 1 aromatic carbocycles. The Hall–Kier alpha value is -0.870. The van der Waals surface area contributed by atoms with Crippen LogP contribution in [0.25, 0.3) is 0 Å². The lowest BCUT2D eigenvalue weighted by molar-refractivity contribution is 0.173. The zero-order valence-corrected chi connectivity index (χ0v) is 10.6. The van der Waals surface area contributed by atoms with E-state index in [4.69, 9.17) is 9.47 Å². The Morgan fingerprint density at radius 1 is 1.35 bits per heavy atom. The number of thioether (sulfide) groups is 1. The van der Waals surface area contributed by atoms with Gasteiger partial charge in [0.05, 0.1) is 0 Å². The molecule has 0 radical (unpaired) electrons. The van der Waals surface area contributed by atoms with E-state index in [1.165, 1.54) is 29.9 Å². The highest BCUT2D eigenvalue weighted by atomic mass is 32.2. The Kier molecular flexibility index (Phi) is 3.43. The van der Waals surface area contributed by atoms with E-state index in [0.717, 1.165) is 18.0 Å². The molecule has 2 heterocycles. The topological polar surface area (TPSA) is 30.5 Å². The third kappa shape index (κ3) is 2.53. The van der Waals surface area contributed by atoms with Gasteiger partial charge >= 0.3 is 0 Å². The fourth-order valence-electron chi connectivity index (χ4n) is 2.29. The molecule has 1 saturated heterocycles. The van der Waals surface area contributed by atoms with Crippen LogP contribution < -0.4 is 14.8 Å². The first-order valence-electron chi connectivity index (χ1n) is 6.12. The molecule has 1 unspecified atom stereocenters. The number of hydrogen-bond donors (Lipinski definition) is 1. The van der Waals surface area contributed by atoms with Crippen LogP contribution >= 0.6 is 11.8 Å². The van der Waals surface area contributed by atoms with Crippen molar-refractivity contribution in [2.24, 2.45) is 0 Å². The van der Waals surface area contributed by atoms with Crippen LogP contribution in [0.4, 0.5) is 0 Å². The molecule has 0 aromatic heterocycles. The third-order valence-electron chi connectivity index (χ3n) is 3.22. The first-order valence-corrected chi connectivity index (χ1v) is 7.27. The summed E-state index contributed by atoms with van der Waals surface area (Å²) < 4.78 is 10.9. The molecule has 92 valence electrons. The Balaban J connectivity index is 1.63. The van der Waals surface area contributed by atoms with E-state index >= 15 is 0 Å². The van der Waals surface area contributed by atoms with Crippen molar-refractivity contribution in [3.63, 3.8) is 0 Å². The summed E-state index contributed by atoms with van der Waals surface area (Å²) in [5, 5.41) is 3.61. The first-order chi connectivity index (χ1) is 8.43. The molecule has 1 fully saturated rings. The van der Waals surface area contributed by atoms with Gasteiger partial charge in [0.15, 0.2) is 11.5 Å². The lowest BCUT2D eigenvalue weighted by Crippen LogP contribution is -2.33. The minimum absolute atomic E-state index is 0.353. The zero-order valence-electron chi connectivity index (χ0n) is 9.78. The van der Waals surface area contributed by atoms with E-state index in [-0.39, 0.29) is 0 Å². The molecule has 0 amide bonds. The smallest absolute Gasteiger partial charge is 0.231 e. The zero-order chi connectivity index (χ0) is 11.5. The van der Waals surface area contributed by atoms with Crippen LogP contribution in [0.3, 0.4) is 0 Å². The molecule has 0 saturated carbocycles. The third-order valence-corrected chi connectivity index (χ3v) is 4.44. The van der Waals surface area contributed by atoms with Gasteiger partial charge in [0.2, 0.25) is 6.79 Å². The maximum Gasteiger partial charge on any atom is 0.231 e. The summed E-state index contributed by atoms with van der Waals surface area (Å²) in [5.74, 6) is 4.34. The van der Waals surface area contributed by atoms with E-state index in [9.17, 15) is 0 Å². The van der Waals surface area contributed by atoms with Gasteiger partial charge in [-0.2, -0.15) is 11.8 Å². The lowest BCUT2D eigenvalue weighted by Gasteiger charge is -2.22. The van der Waals surface area contributed by atoms with Crippen molar-refractivity contribution >= 4 is 11.8 Å². The number of hydrogen-bond acceptors (Lipinski definition) is 4. The van der Waals surface area contributed by atoms with Gasteiger partial charge in [0.25, 0.3) is 0 Å². The molecule has 17 heavy (non-hydrogen) atoms.